The Bertz CT molecular complexity index is 789. The van der Waals surface area contributed by atoms with E-state index < -0.39 is 11.7 Å². The second-order valence-electron chi connectivity index (χ2n) is 8.64. The van der Waals surface area contributed by atoms with Crippen molar-refractivity contribution in [3.8, 4) is 0 Å². The predicted molar refractivity (Wildman–Crippen MR) is 108 cm³/mol. The quantitative estimate of drug-likeness (QED) is 0.819. The number of carbonyl (C=O) groups excluding carboxylic acids is 3. The van der Waals surface area contributed by atoms with Gasteiger partial charge < -0.3 is 19.3 Å². The molecule has 0 aliphatic carbocycles. The smallest absolute Gasteiger partial charge is 0.411 e. The van der Waals surface area contributed by atoms with Crippen LogP contribution in [0.4, 0.5) is 15.3 Å². The largest absolute Gasteiger partial charge is 0.453 e. The molecule has 8 heteroatoms. The van der Waals surface area contributed by atoms with Gasteiger partial charge in [0.2, 0.25) is 0 Å². The number of benzene rings is 1. The first-order valence-corrected chi connectivity index (χ1v) is 9.88. The van der Waals surface area contributed by atoms with Gasteiger partial charge >= 0.3 is 12.2 Å². The lowest BCUT2D eigenvalue weighted by molar-refractivity contribution is 0.0284. The van der Waals surface area contributed by atoms with Gasteiger partial charge in [-0.2, -0.15) is 0 Å². The van der Waals surface area contributed by atoms with E-state index in [9.17, 15) is 14.4 Å². The normalized spacial score (nSPS) is 21.4. The van der Waals surface area contributed by atoms with Crippen molar-refractivity contribution in [1.82, 2.24) is 9.80 Å². The molecule has 1 N–H and O–H groups in total. The van der Waals surface area contributed by atoms with Gasteiger partial charge in [0, 0.05) is 37.4 Å². The number of amides is 3. The number of ether oxygens (including phenoxy) is 2. The molecule has 0 aromatic heterocycles. The molecule has 2 saturated heterocycles. The molecule has 1 aromatic carbocycles. The van der Waals surface area contributed by atoms with E-state index in [-0.39, 0.29) is 17.9 Å². The highest BCUT2D eigenvalue weighted by Crippen LogP contribution is 2.32. The Morgan fingerprint density at radius 2 is 1.76 bits per heavy atom. The van der Waals surface area contributed by atoms with Crippen LogP contribution in [0.1, 0.15) is 37.6 Å². The minimum atomic E-state index is -0.580. The molecule has 3 rings (SSSR count). The van der Waals surface area contributed by atoms with Crippen molar-refractivity contribution in [2.75, 3.05) is 38.6 Å². The molecule has 2 aliphatic heterocycles. The van der Waals surface area contributed by atoms with Gasteiger partial charge in [0.15, 0.2) is 0 Å². The zero-order valence-corrected chi connectivity index (χ0v) is 17.4. The van der Waals surface area contributed by atoms with E-state index in [1.165, 1.54) is 7.11 Å². The Morgan fingerprint density at radius 1 is 1.07 bits per heavy atom. The van der Waals surface area contributed by atoms with E-state index in [4.69, 9.17) is 4.74 Å². The molecule has 2 atom stereocenters. The van der Waals surface area contributed by atoms with Crippen LogP contribution in [0.2, 0.25) is 0 Å². The minimum absolute atomic E-state index is 0.0762. The van der Waals surface area contributed by atoms with Gasteiger partial charge in [-0.3, -0.25) is 10.1 Å². The van der Waals surface area contributed by atoms with Crippen LogP contribution in [0.15, 0.2) is 24.3 Å². The van der Waals surface area contributed by atoms with Gasteiger partial charge in [0.05, 0.1) is 7.11 Å². The van der Waals surface area contributed by atoms with Crippen molar-refractivity contribution in [2.45, 2.75) is 32.8 Å². The summed E-state index contributed by atoms with van der Waals surface area (Å²) in [5.41, 5.74) is 0.504. The SMILES string of the molecule is COC(=O)Nc1cccc(C(=O)N2CC[C@H]3CN(C(=O)OC(C)(C)C)C[C@H]3C2)c1. The summed E-state index contributed by atoms with van der Waals surface area (Å²) in [6.45, 7) is 8.12. The van der Waals surface area contributed by atoms with Crippen LogP contribution in [0.5, 0.6) is 0 Å². The maximum Gasteiger partial charge on any atom is 0.411 e. The van der Waals surface area contributed by atoms with Gasteiger partial charge in [-0.15, -0.1) is 0 Å². The van der Waals surface area contributed by atoms with Gasteiger partial charge in [-0.1, -0.05) is 6.07 Å². The number of hydrogen-bond donors (Lipinski definition) is 1. The molecule has 3 amide bonds. The van der Waals surface area contributed by atoms with Crippen LogP contribution in [0.25, 0.3) is 0 Å². The fraction of sp³-hybridized carbons (Fsp3) is 0.571. The van der Waals surface area contributed by atoms with Gasteiger partial charge in [-0.05, 0) is 57.2 Å². The zero-order valence-electron chi connectivity index (χ0n) is 17.4. The molecule has 2 fully saturated rings. The molecule has 0 spiro atoms. The number of methoxy groups -OCH3 is 1. The van der Waals surface area contributed by atoms with Crippen LogP contribution in [0, 0.1) is 11.8 Å². The summed E-state index contributed by atoms with van der Waals surface area (Å²) in [6, 6.07) is 6.81. The average Bonchev–Trinajstić information content (AvgIpc) is 3.09. The Labute approximate surface area is 171 Å². The van der Waals surface area contributed by atoms with E-state index in [0.29, 0.717) is 43.3 Å². The molecule has 2 heterocycles. The predicted octanol–water partition coefficient (Wildman–Crippen LogP) is 3.19. The van der Waals surface area contributed by atoms with E-state index in [0.717, 1.165) is 6.42 Å². The van der Waals surface area contributed by atoms with Crippen LogP contribution in [-0.2, 0) is 9.47 Å². The van der Waals surface area contributed by atoms with Gasteiger partial charge in [-0.25, -0.2) is 9.59 Å². The lowest BCUT2D eigenvalue weighted by Crippen LogP contribution is -2.43. The first kappa shape index (κ1) is 21.0. The third kappa shape index (κ3) is 5.19. The van der Waals surface area contributed by atoms with Crippen LogP contribution < -0.4 is 5.32 Å². The highest BCUT2D eigenvalue weighted by Gasteiger charge is 2.41. The monoisotopic (exact) mass is 403 g/mol. The number of anilines is 1. The molecule has 2 aliphatic rings. The van der Waals surface area contributed by atoms with Crippen molar-refractivity contribution < 1.29 is 23.9 Å². The Balaban J connectivity index is 1.62. The summed E-state index contributed by atoms with van der Waals surface area (Å²) in [5, 5.41) is 2.57. The maximum atomic E-state index is 13.0. The van der Waals surface area contributed by atoms with Gasteiger partial charge in [0.25, 0.3) is 5.91 Å². The van der Waals surface area contributed by atoms with Crippen molar-refractivity contribution in [1.29, 1.82) is 0 Å². The highest BCUT2D eigenvalue weighted by atomic mass is 16.6. The van der Waals surface area contributed by atoms with Crippen molar-refractivity contribution in [3.05, 3.63) is 29.8 Å². The number of hydrogen-bond acceptors (Lipinski definition) is 5. The fourth-order valence-corrected chi connectivity index (χ4v) is 3.91. The Kier molecular flexibility index (Phi) is 6.00. The standard InChI is InChI=1S/C21H29N3O5/c1-21(2,3)29-20(27)24-11-15-8-9-23(12-16(15)13-24)18(25)14-6-5-7-17(10-14)22-19(26)28-4/h5-7,10,15-16H,8-9,11-13H2,1-4H3,(H,22,26)/t15-,16+/m0/s1. The number of piperidine rings is 1. The first-order valence-electron chi connectivity index (χ1n) is 9.88. The lowest BCUT2D eigenvalue weighted by atomic mass is 9.88. The molecule has 0 radical (unpaired) electrons. The third-order valence-corrected chi connectivity index (χ3v) is 5.28. The Hall–Kier alpha value is -2.77. The molecule has 1 aromatic rings. The summed E-state index contributed by atoms with van der Waals surface area (Å²) in [7, 11) is 1.29. The summed E-state index contributed by atoms with van der Waals surface area (Å²) >= 11 is 0. The molecule has 0 unspecified atom stereocenters. The maximum absolute atomic E-state index is 13.0. The summed E-state index contributed by atoms with van der Waals surface area (Å²) in [6.07, 6.45) is -0.00882. The number of nitrogens with zero attached hydrogens (tertiary/aromatic N) is 2. The van der Waals surface area contributed by atoms with Crippen LogP contribution >= 0.6 is 0 Å². The summed E-state index contributed by atoms with van der Waals surface area (Å²) in [5.74, 6) is 0.558. The highest BCUT2D eigenvalue weighted by molar-refractivity contribution is 5.96. The van der Waals surface area contributed by atoms with Crippen LogP contribution in [-0.4, -0.2) is 66.8 Å². The number of carbonyl (C=O) groups is 3. The molecule has 158 valence electrons. The molecule has 0 bridgehead atoms. The van der Waals surface area contributed by atoms with Crippen molar-refractivity contribution in [3.63, 3.8) is 0 Å². The van der Waals surface area contributed by atoms with E-state index >= 15 is 0 Å². The molecule has 8 nitrogen and oxygen atoms in total. The van der Waals surface area contributed by atoms with E-state index in [1.807, 2.05) is 25.7 Å². The average molecular weight is 403 g/mol. The number of rotatable bonds is 2. The minimum Gasteiger partial charge on any atom is -0.453 e. The second-order valence-corrected chi connectivity index (χ2v) is 8.64. The molecular weight excluding hydrogens is 374 g/mol. The summed E-state index contributed by atoms with van der Waals surface area (Å²) in [4.78, 5) is 40.3. The van der Waals surface area contributed by atoms with Crippen LogP contribution in [0.3, 0.4) is 0 Å². The van der Waals surface area contributed by atoms with Gasteiger partial charge in [0.1, 0.15) is 5.60 Å². The van der Waals surface area contributed by atoms with Crippen molar-refractivity contribution in [2.24, 2.45) is 11.8 Å². The Morgan fingerprint density at radius 3 is 2.45 bits per heavy atom. The van der Waals surface area contributed by atoms with Crippen molar-refractivity contribution >= 4 is 23.8 Å². The summed E-state index contributed by atoms with van der Waals surface area (Å²) < 4.78 is 10.1. The number of likely N-dealkylation sites (tertiary alicyclic amines) is 2. The third-order valence-electron chi connectivity index (χ3n) is 5.28. The fourth-order valence-electron chi connectivity index (χ4n) is 3.91. The second kappa shape index (κ2) is 8.31. The molecule has 29 heavy (non-hydrogen) atoms. The zero-order chi connectivity index (χ0) is 21.2. The molecule has 0 saturated carbocycles. The first-order chi connectivity index (χ1) is 13.7. The number of nitrogens with one attached hydrogen (secondary N) is 1. The lowest BCUT2D eigenvalue weighted by Gasteiger charge is -2.34. The topological polar surface area (TPSA) is 88.2 Å². The molecular formula is C21H29N3O5. The van der Waals surface area contributed by atoms with E-state index in [2.05, 4.69) is 10.1 Å². The number of fused-ring (bicyclic) bond motifs is 1. The van der Waals surface area contributed by atoms with E-state index in [1.54, 1.807) is 29.2 Å².